The molecule has 1 amide bonds. The summed E-state index contributed by atoms with van der Waals surface area (Å²) in [5.74, 6) is -0.645. The summed E-state index contributed by atoms with van der Waals surface area (Å²) in [5, 5.41) is 1.12. The predicted molar refractivity (Wildman–Crippen MR) is 74.6 cm³/mol. The Bertz CT molecular complexity index is 863. The number of nitrogens with two attached hydrogens (primary N) is 1. The fourth-order valence-electron chi connectivity index (χ4n) is 2.14. The molecule has 0 fully saturated rings. The number of primary amides is 1. The molecule has 0 saturated heterocycles. The van der Waals surface area contributed by atoms with Crippen LogP contribution in [0.15, 0.2) is 38.4 Å². The van der Waals surface area contributed by atoms with E-state index in [2.05, 4.69) is 4.98 Å². The van der Waals surface area contributed by atoms with Crippen molar-refractivity contribution in [3.05, 3.63) is 40.4 Å². The molecule has 0 aliphatic carbocycles. The van der Waals surface area contributed by atoms with Gasteiger partial charge in [-0.15, -0.1) is 11.8 Å². The van der Waals surface area contributed by atoms with Crippen molar-refractivity contribution in [2.24, 2.45) is 5.73 Å². The Morgan fingerprint density at radius 3 is 2.79 bits per heavy atom. The first-order chi connectivity index (χ1) is 9.13. The van der Waals surface area contributed by atoms with Crippen LogP contribution in [0.4, 0.5) is 0 Å². The second-order valence-corrected chi connectivity index (χ2v) is 4.85. The molecule has 5 nitrogen and oxygen atoms in total. The zero-order valence-corrected chi connectivity index (χ0v) is 10.8. The molecular weight excluding hydrogens is 264 g/mol. The summed E-state index contributed by atoms with van der Waals surface area (Å²) in [6.07, 6.45) is 1.77. The highest BCUT2D eigenvalue weighted by Gasteiger charge is 2.22. The fourth-order valence-corrected chi connectivity index (χ4v) is 2.86. The molecule has 0 aliphatic heterocycles. The Labute approximate surface area is 111 Å². The minimum Gasteiger partial charge on any atom is -0.449 e. The first-order valence-electron chi connectivity index (χ1n) is 5.54. The number of rotatable bonds is 2. The smallest absolute Gasteiger partial charge is 0.285 e. The Morgan fingerprint density at radius 1 is 1.37 bits per heavy atom. The number of carbonyl (C=O) groups is 1. The number of aromatic nitrogens is 1. The second kappa shape index (κ2) is 4.17. The summed E-state index contributed by atoms with van der Waals surface area (Å²) in [6.45, 7) is 0. The molecule has 3 aromatic rings. The van der Waals surface area contributed by atoms with Crippen molar-refractivity contribution in [3.8, 4) is 0 Å². The zero-order chi connectivity index (χ0) is 13.6. The van der Waals surface area contributed by atoms with Crippen LogP contribution in [0, 0.1) is 0 Å². The minimum atomic E-state index is -0.677. The Hall–Kier alpha value is -2.21. The van der Waals surface area contributed by atoms with Gasteiger partial charge in [-0.2, -0.15) is 0 Å². The SMILES string of the molecule is CSc1c(C(N)=O)oc2c1c(=O)[nH]c1ccccc12. The van der Waals surface area contributed by atoms with Crippen molar-refractivity contribution in [2.45, 2.75) is 4.90 Å². The van der Waals surface area contributed by atoms with E-state index in [1.54, 1.807) is 12.3 Å². The van der Waals surface area contributed by atoms with E-state index in [-0.39, 0.29) is 11.3 Å². The van der Waals surface area contributed by atoms with E-state index in [0.29, 0.717) is 21.4 Å². The standard InChI is InChI=1S/C13H10N2O3S/c1-19-11-8-9(18-10(11)12(14)16)6-4-2-3-5-7(6)15-13(8)17/h2-5H,1H3,(H2,14,16)(H,15,17). The van der Waals surface area contributed by atoms with Crippen LogP contribution in [0.3, 0.4) is 0 Å². The lowest BCUT2D eigenvalue weighted by Crippen LogP contribution is -2.11. The monoisotopic (exact) mass is 274 g/mol. The van der Waals surface area contributed by atoms with Gasteiger partial charge in [0.05, 0.1) is 10.4 Å². The van der Waals surface area contributed by atoms with Crippen LogP contribution in [0.5, 0.6) is 0 Å². The van der Waals surface area contributed by atoms with E-state index in [1.165, 1.54) is 11.8 Å². The summed E-state index contributed by atoms with van der Waals surface area (Å²) >= 11 is 1.27. The predicted octanol–water partition coefficient (Wildman–Crippen LogP) is 2.10. The van der Waals surface area contributed by atoms with E-state index in [9.17, 15) is 9.59 Å². The van der Waals surface area contributed by atoms with E-state index < -0.39 is 5.91 Å². The molecule has 2 aromatic heterocycles. The Morgan fingerprint density at radius 2 is 2.11 bits per heavy atom. The quantitative estimate of drug-likeness (QED) is 0.700. The normalized spacial score (nSPS) is 11.2. The Kier molecular flexibility index (Phi) is 2.60. The molecule has 0 aliphatic rings. The van der Waals surface area contributed by atoms with Gasteiger partial charge in [0, 0.05) is 5.39 Å². The third-order valence-corrected chi connectivity index (χ3v) is 3.74. The van der Waals surface area contributed by atoms with Crippen molar-refractivity contribution in [1.82, 2.24) is 4.98 Å². The second-order valence-electron chi connectivity index (χ2n) is 4.03. The Balaban J connectivity index is 2.60. The van der Waals surface area contributed by atoms with Crippen LogP contribution in [0.2, 0.25) is 0 Å². The summed E-state index contributed by atoms with van der Waals surface area (Å²) in [7, 11) is 0. The van der Waals surface area contributed by atoms with Crippen molar-refractivity contribution in [1.29, 1.82) is 0 Å². The molecule has 6 heteroatoms. The lowest BCUT2D eigenvalue weighted by atomic mass is 10.2. The van der Waals surface area contributed by atoms with Crippen molar-refractivity contribution in [3.63, 3.8) is 0 Å². The van der Waals surface area contributed by atoms with Crippen LogP contribution >= 0.6 is 11.8 Å². The molecule has 0 spiro atoms. The van der Waals surface area contributed by atoms with Gasteiger partial charge in [0.2, 0.25) is 5.76 Å². The largest absolute Gasteiger partial charge is 0.449 e. The van der Waals surface area contributed by atoms with E-state index in [4.69, 9.17) is 10.2 Å². The number of amides is 1. The molecule has 0 unspecified atom stereocenters. The maximum Gasteiger partial charge on any atom is 0.285 e. The third-order valence-electron chi connectivity index (χ3n) is 2.94. The van der Waals surface area contributed by atoms with E-state index in [0.717, 1.165) is 5.39 Å². The van der Waals surface area contributed by atoms with Crippen molar-refractivity contribution in [2.75, 3.05) is 6.26 Å². The average Bonchev–Trinajstić information content (AvgIpc) is 2.79. The average molecular weight is 274 g/mol. The first-order valence-corrected chi connectivity index (χ1v) is 6.77. The van der Waals surface area contributed by atoms with Crippen LogP contribution < -0.4 is 11.3 Å². The van der Waals surface area contributed by atoms with Crippen molar-refractivity contribution < 1.29 is 9.21 Å². The molecule has 2 heterocycles. The van der Waals surface area contributed by atoms with Crippen LogP contribution in [0.1, 0.15) is 10.6 Å². The first kappa shape index (κ1) is 11.9. The fraction of sp³-hybridized carbons (Fsp3) is 0.0769. The minimum absolute atomic E-state index is 0.0318. The van der Waals surface area contributed by atoms with Crippen LogP contribution in [-0.4, -0.2) is 17.1 Å². The number of fused-ring (bicyclic) bond motifs is 3. The molecule has 0 saturated carbocycles. The summed E-state index contributed by atoms with van der Waals surface area (Å²) < 4.78 is 5.53. The number of carbonyl (C=O) groups excluding carboxylic acids is 1. The van der Waals surface area contributed by atoms with Gasteiger partial charge in [0.1, 0.15) is 5.39 Å². The molecule has 0 atom stereocenters. The number of aromatic amines is 1. The van der Waals surface area contributed by atoms with Gasteiger partial charge >= 0.3 is 0 Å². The lowest BCUT2D eigenvalue weighted by Gasteiger charge is -1.97. The maximum atomic E-state index is 12.1. The van der Waals surface area contributed by atoms with Gasteiger partial charge in [0.25, 0.3) is 11.5 Å². The molecular formula is C13H10N2O3S. The number of H-pyrrole nitrogens is 1. The third kappa shape index (κ3) is 1.64. The van der Waals surface area contributed by atoms with Crippen LogP contribution in [-0.2, 0) is 0 Å². The topological polar surface area (TPSA) is 89.1 Å². The van der Waals surface area contributed by atoms with Crippen molar-refractivity contribution >= 4 is 39.5 Å². The summed E-state index contributed by atoms with van der Waals surface area (Å²) in [6, 6.07) is 7.26. The van der Waals surface area contributed by atoms with Gasteiger partial charge in [-0.25, -0.2) is 0 Å². The molecule has 0 bridgehead atoms. The number of furan rings is 1. The molecule has 0 radical (unpaired) electrons. The number of pyridine rings is 1. The number of hydrogen-bond acceptors (Lipinski definition) is 4. The van der Waals surface area contributed by atoms with Gasteiger partial charge in [0.15, 0.2) is 5.58 Å². The van der Waals surface area contributed by atoms with Gasteiger partial charge < -0.3 is 15.1 Å². The highest BCUT2D eigenvalue weighted by molar-refractivity contribution is 7.98. The van der Waals surface area contributed by atoms with Gasteiger partial charge in [-0.1, -0.05) is 12.1 Å². The maximum absolute atomic E-state index is 12.1. The number of benzene rings is 1. The summed E-state index contributed by atoms with van der Waals surface area (Å²) in [5.41, 5.74) is 6.07. The lowest BCUT2D eigenvalue weighted by molar-refractivity contribution is 0.0972. The van der Waals surface area contributed by atoms with Crippen LogP contribution in [0.25, 0.3) is 21.9 Å². The molecule has 96 valence electrons. The number of nitrogens with one attached hydrogen (secondary N) is 1. The summed E-state index contributed by atoms with van der Waals surface area (Å²) in [4.78, 5) is 26.8. The molecule has 3 rings (SSSR count). The van der Waals surface area contributed by atoms with E-state index in [1.807, 2.05) is 18.2 Å². The highest BCUT2D eigenvalue weighted by atomic mass is 32.2. The number of thioether (sulfide) groups is 1. The van der Waals surface area contributed by atoms with Gasteiger partial charge in [-0.3, -0.25) is 9.59 Å². The highest BCUT2D eigenvalue weighted by Crippen LogP contribution is 2.33. The molecule has 1 aromatic carbocycles. The zero-order valence-electron chi connectivity index (χ0n) is 10.0. The number of hydrogen-bond donors (Lipinski definition) is 2. The van der Waals surface area contributed by atoms with Gasteiger partial charge in [-0.05, 0) is 18.4 Å². The number of para-hydroxylation sites is 1. The molecule has 19 heavy (non-hydrogen) atoms. The van der Waals surface area contributed by atoms with E-state index >= 15 is 0 Å². The molecule has 3 N–H and O–H groups in total.